The topological polar surface area (TPSA) is 141 Å². The number of hydrogen-bond acceptors (Lipinski definition) is 9. The number of carbonyl (C=O) groups is 4. The maximum Gasteiger partial charge on any atom is 0.410 e. The molecule has 2 aliphatic rings. The molecule has 12 heteroatoms. The van der Waals surface area contributed by atoms with Crippen LogP contribution in [0.2, 0.25) is 0 Å². The number of amides is 2. The van der Waals surface area contributed by atoms with Gasteiger partial charge in [-0.3, -0.25) is 9.59 Å². The van der Waals surface area contributed by atoms with Crippen LogP contribution < -0.4 is 9.47 Å². The molecule has 2 heterocycles. The van der Waals surface area contributed by atoms with Crippen molar-refractivity contribution < 1.29 is 48.0 Å². The van der Waals surface area contributed by atoms with Gasteiger partial charge in [-0.2, -0.15) is 0 Å². The van der Waals surface area contributed by atoms with Crippen molar-refractivity contribution in [3.05, 3.63) is 59.7 Å². The fourth-order valence-corrected chi connectivity index (χ4v) is 6.89. The van der Waals surface area contributed by atoms with Crippen LogP contribution in [0, 0.1) is 23.7 Å². The molecule has 0 saturated carbocycles. The fraction of sp³-hybridized carbons (Fsp3) is 0.619. The first-order valence-electron chi connectivity index (χ1n) is 19.0. The van der Waals surface area contributed by atoms with E-state index in [0.29, 0.717) is 63.4 Å². The molecule has 2 fully saturated rings. The Morgan fingerprint density at radius 3 is 1.44 bits per heavy atom. The number of carboxylic acid groups (broad SMARTS) is 1. The predicted molar refractivity (Wildman–Crippen MR) is 204 cm³/mol. The van der Waals surface area contributed by atoms with E-state index in [2.05, 4.69) is 0 Å². The molecule has 54 heavy (non-hydrogen) atoms. The second kappa shape index (κ2) is 17.8. The van der Waals surface area contributed by atoms with Crippen LogP contribution in [0.15, 0.2) is 48.5 Å². The Kier molecular flexibility index (Phi) is 13.9. The second-order valence-corrected chi connectivity index (χ2v) is 17.4. The third kappa shape index (κ3) is 13.4. The van der Waals surface area contributed by atoms with Crippen LogP contribution in [0.4, 0.5) is 9.59 Å². The quantitative estimate of drug-likeness (QED) is 0.125. The monoisotopic (exact) mass is 752 g/mol. The summed E-state index contributed by atoms with van der Waals surface area (Å²) in [6.07, 6.45) is 0.746. The van der Waals surface area contributed by atoms with Crippen molar-refractivity contribution in [2.24, 2.45) is 23.7 Å². The van der Waals surface area contributed by atoms with E-state index in [9.17, 15) is 24.3 Å². The molecule has 4 rings (SSSR count). The summed E-state index contributed by atoms with van der Waals surface area (Å²) in [5, 5.41) is 9.48. The van der Waals surface area contributed by atoms with Gasteiger partial charge >= 0.3 is 24.1 Å². The molecule has 2 unspecified atom stereocenters. The third-order valence-corrected chi connectivity index (χ3v) is 9.26. The molecule has 4 atom stereocenters. The summed E-state index contributed by atoms with van der Waals surface area (Å²) in [5.74, 6) is -0.528. The number of likely N-dealkylation sites (tertiary alicyclic amines) is 2. The molecule has 0 aliphatic carbocycles. The van der Waals surface area contributed by atoms with E-state index in [4.69, 9.17) is 23.7 Å². The number of rotatable bonds is 13. The molecule has 2 saturated heterocycles. The van der Waals surface area contributed by atoms with Crippen LogP contribution >= 0.6 is 0 Å². The molecule has 2 aromatic carbocycles. The number of ether oxygens (including phenoxy) is 5. The largest absolute Gasteiger partial charge is 0.490 e. The SMILES string of the molecule is CC(C)(C)OC(=O)C(Cc1cccc(OCCOc2cccc(CC(C(=O)OC(C)(C)C)[C@H]3CCN(C(=O)OC(C)(C)C)C3)c2)c1)[C@H]1CCN(C(=O)O)C1. The average Bonchev–Trinajstić information content (AvgIpc) is 3.74. The number of esters is 2. The van der Waals surface area contributed by atoms with E-state index in [1.54, 1.807) is 4.90 Å². The highest BCUT2D eigenvalue weighted by molar-refractivity contribution is 5.75. The Morgan fingerprint density at radius 2 is 1.06 bits per heavy atom. The summed E-state index contributed by atoms with van der Waals surface area (Å²) >= 11 is 0. The van der Waals surface area contributed by atoms with Crippen molar-refractivity contribution in [3.63, 3.8) is 0 Å². The number of nitrogens with zero attached hydrogens (tertiary/aromatic N) is 2. The minimum absolute atomic E-state index is 0.0851. The minimum atomic E-state index is -0.980. The average molecular weight is 753 g/mol. The fourth-order valence-electron chi connectivity index (χ4n) is 6.89. The Morgan fingerprint density at radius 1 is 0.648 bits per heavy atom. The molecule has 2 aliphatic heterocycles. The smallest absolute Gasteiger partial charge is 0.410 e. The molecular weight excluding hydrogens is 692 g/mol. The lowest BCUT2D eigenvalue weighted by atomic mass is 9.86. The van der Waals surface area contributed by atoms with Crippen LogP contribution in [0.3, 0.4) is 0 Å². The van der Waals surface area contributed by atoms with E-state index >= 15 is 0 Å². The molecule has 0 bridgehead atoms. The van der Waals surface area contributed by atoms with Gasteiger partial charge in [-0.25, -0.2) is 9.59 Å². The molecule has 0 spiro atoms. The van der Waals surface area contributed by atoms with Crippen LogP contribution in [-0.4, -0.2) is 95.2 Å². The molecule has 12 nitrogen and oxygen atoms in total. The molecule has 1 N–H and O–H groups in total. The molecule has 298 valence electrons. The van der Waals surface area contributed by atoms with Gasteiger partial charge in [-0.05, 0) is 135 Å². The van der Waals surface area contributed by atoms with Crippen LogP contribution in [0.1, 0.15) is 86.3 Å². The summed E-state index contributed by atoms with van der Waals surface area (Å²) < 4.78 is 29.3. The van der Waals surface area contributed by atoms with E-state index in [1.807, 2.05) is 111 Å². The lowest BCUT2D eigenvalue weighted by molar-refractivity contribution is -0.163. The maximum atomic E-state index is 13.5. The Bertz CT molecular complexity index is 1600. The molecule has 2 amide bonds. The minimum Gasteiger partial charge on any atom is -0.490 e. The van der Waals surface area contributed by atoms with Crippen molar-refractivity contribution >= 4 is 24.1 Å². The van der Waals surface area contributed by atoms with Gasteiger partial charge < -0.3 is 38.6 Å². The molecule has 0 aromatic heterocycles. The van der Waals surface area contributed by atoms with Crippen molar-refractivity contribution in [2.45, 2.75) is 105 Å². The lowest BCUT2D eigenvalue weighted by Crippen LogP contribution is -2.38. The highest BCUT2D eigenvalue weighted by Crippen LogP contribution is 2.33. The zero-order valence-corrected chi connectivity index (χ0v) is 33.5. The highest BCUT2D eigenvalue weighted by atomic mass is 16.6. The summed E-state index contributed by atoms with van der Waals surface area (Å²) in [6.45, 7) is 18.7. The van der Waals surface area contributed by atoms with Gasteiger partial charge in [0.05, 0.1) is 11.8 Å². The third-order valence-electron chi connectivity index (χ3n) is 9.26. The van der Waals surface area contributed by atoms with Gasteiger partial charge in [0, 0.05) is 26.2 Å². The van der Waals surface area contributed by atoms with Gasteiger partial charge in [0.15, 0.2) is 0 Å². The van der Waals surface area contributed by atoms with Crippen molar-refractivity contribution in [3.8, 4) is 11.5 Å². The van der Waals surface area contributed by atoms with Gasteiger partial charge in [-0.15, -0.1) is 0 Å². The first-order chi connectivity index (χ1) is 25.2. The van der Waals surface area contributed by atoms with Gasteiger partial charge in [0.25, 0.3) is 0 Å². The summed E-state index contributed by atoms with van der Waals surface area (Å²) in [4.78, 5) is 54.2. The van der Waals surface area contributed by atoms with Gasteiger partial charge in [0.2, 0.25) is 0 Å². The van der Waals surface area contributed by atoms with E-state index < -0.39 is 34.7 Å². The zero-order chi connectivity index (χ0) is 39.8. The van der Waals surface area contributed by atoms with E-state index in [0.717, 1.165) is 11.1 Å². The number of benzene rings is 2. The number of hydrogen-bond donors (Lipinski definition) is 1. The molecule has 0 radical (unpaired) electrons. The standard InChI is InChI=1S/C42H60N2O10/c1-40(2,3)52-36(45)34(30-16-18-43(26-30)38(47)48)24-28-12-10-14-32(22-28)50-20-21-51-33-15-11-13-29(23-33)25-35(37(46)53-41(4,5)6)31-17-19-44(27-31)39(49)54-42(7,8)9/h10-15,22-23,30-31,34-35H,16-21,24-27H2,1-9H3,(H,47,48)/t30-,31-,34?,35?/m0/s1. The summed E-state index contributed by atoms with van der Waals surface area (Å²) in [5.41, 5.74) is -0.108. The van der Waals surface area contributed by atoms with E-state index in [-0.39, 0.29) is 43.1 Å². The Hall–Kier alpha value is -4.48. The van der Waals surface area contributed by atoms with Crippen molar-refractivity contribution in [1.82, 2.24) is 9.80 Å². The molecular formula is C42H60N2O10. The van der Waals surface area contributed by atoms with Crippen LogP contribution in [-0.2, 0) is 36.6 Å². The normalized spacial score (nSPS) is 18.8. The van der Waals surface area contributed by atoms with Crippen LogP contribution in [0.25, 0.3) is 0 Å². The maximum absolute atomic E-state index is 13.5. The van der Waals surface area contributed by atoms with Crippen molar-refractivity contribution in [2.75, 3.05) is 39.4 Å². The summed E-state index contributed by atoms with van der Waals surface area (Å²) in [6, 6.07) is 15.2. The first kappa shape index (κ1) is 42.3. The highest BCUT2D eigenvalue weighted by Gasteiger charge is 2.40. The molecule has 2 aromatic rings. The van der Waals surface area contributed by atoms with Crippen LogP contribution in [0.5, 0.6) is 11.5 Å². The van der Waals surface area contributed by atoms with Gasteiger partial charge in [0.1, 0.15) is 41.5 Å². The second-order valence-electron chi connectivity index (χ2n) is 17.4. The zero-order valence-electron chi connectivity index (χ0n) is 33.5. The van der Waals surface area contributed by atoms with Crippen molar-refractivity contribution in [1.29, 1.82) is 0 Å². The first-order valence-corrected chi connectivity index (χ1v) is 19.0. The Labute approximate surface area is 320 Å². The van der Waals surface area contributed by atoms with Gasteiger partial charge in [-0.1, -0.05) is 24.3 Å². The van der Waals surface area contributed by atoms with E-state index in [1.165, 1.54) is 4.90 Å². The predicted octanol–water partition coefficient (Wildman–Crippen LogP) is 7.40. The summed E-state index contributed by atoms with van der Waals surface area (Å²) in [7, 11) is 0. The Balaban J connectivity index is 1.35. The lowest BCUT2D eigenvalue weighted by Gasteiger charge is -2.28. The number of carbonyl (C=O) groups excluding carboxylic acids is 3.